The third-order valence-corrected chi connectivity index (χ3v) is 3.75. The minimum atomic E-state index is 0.196. The Labute approximate surface area is 157 Å². The lowest BCUT2D eigenvalue weighted by atomic mass is 10.1. The second kappa shape index (κ2) is 10.1. The first kappa shape index (κ1) is 20.1. The molecule has 0 aromatic heterocycles. The summed E-state index contributed by atoms with van der Waals surface area (Å²) in [6, 6.07) is 14.3. The molecule has 0 heterocycles. The van der Waals surface area contributed by atoms with Crippen LogP contribution in [0.5, 0.6) is 17.2 Å². The van der Waals surface area contributed by atoms with E-state index in [-0.39, 0.29) is 6.10 Å². The summed E-state index contributed by atoms with van der Waals surface area (Å²) in [5.41, 5.74) is 2.39. The molecule has 4 nitrogen and oxygen atoms in total. The van der Waals surface area contributed by atoms with Crippen molar-refractivity contribution in [3.63, 3.8) is 0 Å². The van der Waals surface area contributed by atoms with E-state index >= 15 is 0 Å². The summed E-state index contributed by atoms with van der Waals surface area (Å²) in [6.07, 6.45) is 0.196. The van der Waals surface area contributed by atoms with Crippen molar-refractivity contribution in [2.24, 2.45) is 5.92 Å². The highest BCUT2D eigenvalue weighted by Crippen LogP contribution is 2.28. The molecule has 0 saturated carbocycles. The van der Waals surface area contributed by atoms with Gasteiger partial charge in [-0.1, -0.05) is 32.0 Å². The van der Waals surface area contributed by atoms with E-state index in [1.165, 1.54) is 11.1 Å². The molecular weight excluding hydrogens is 326 g/mol. The van der Waals surface area contributed by atoms with Crippen molar-refractivity contribution in [2.45, 2.75) is 46.9 Å². The van der Waals surface area contributed by atoms with E-state index in [4.69, 9.17) is 14.2 Å². The Morgan fingerprint density at radius 1 is 0.846 bits per heavy atom. The molecule has 26 heavy (non-hydrogen) atoms. The minimum absolute atomic E-state index is 0.196. The van der Waals surface area contributed by atoms with Gasteiger partial charge in [0.15, 0.2) is 11.5 Å². The molecule has 0 atom stereocenters. The summed E-state index contributed by atoms with van der Waals surface area (Å²) in [7, 11) is 1.68. The molecule has 0 spiro atoms. The number of hydrogen-bond acceptors (Lipinski definition) is 4. The van der Waals surface area contributed by atoms with Crippen LogP contribution in [-0.4, -0.2) is 19.8 Å². The van der Waals surface area contributed by atoms with E-state index < -0.39 is 0 Å². The first-order valence-electron chi connectivity index (χ1n) is 9.24. The lowest BCUT2D eigenvalue weighted by molar-refractivity contribution is 0.242. The third kappa shape index (κ3) is 6.60. The molecule has 0 aliphatic rings. The van der Waals surface area contributed by atoms with Crippen LogP contribution in [0.3, 0.4) is 0 Å². The number of hydrogen-bond donors (Lipinski definition) is 1. The van der Waals surface area contributed by atoms with Gasteiger partial charge in [-0.25, -0.2) is 0 Å². The van der Waals surface area contributed by atoms with Crippen molar-refractivity contribution >= 4 is 0 Å². The topological polar surface area (TPSA) is 39.7 Å². The Morgan fingerprint density at radius 3 is 2.12 bits per heavy atom. The summed E-state index contributed by atoms with van der Waals surface area (Å²) >= 11 is 0. The van der Waals surface area contributed by atoms with E-state index in [9.17, 15) is 0 Å². The van der Waals surface area contributed by atoms with E-state index in [1.54, 1.807) is 7.11 Å². The Bertz CT molecular complexity index is 666. The summed E-state index contributed by atoms with van der Waals surface area (Å²) < 4.78 is 16.9. The largest absolute Gasteiger partial charge is 0.493 e. The SMILES string of the molecule is COc1cc(CNCc2ccc(OC(C)C)cc2)ccc1OCC(C)C. The molecule has 1 N–H and O–H groups in total. The molecule has 2 aromatic carbocycles. The average molecular weight is 357 g/mol. The number of nitrogens with one attached hydrogen (secondary N) is 1. The molecule has 2 aromatic rings. The molecule has 0 aliphatic heterocycles. The molecule has 0 amide bonds. The molecule has 0 fully saturated rings. The van der Waals surface area contributed by atoms with Gasteiger partial charge in [-0.05, 0) is 55.2 Å². The van der Waals surface area contributed by atoms with Crippen molar-refractivity contribution in [3.8, 4) is 17.2 Å². The second-order valence-corrected chi connectivity index (χ2v) is 7.10. The summed E-state index contributed by atoms with van der Waals surface area (Å²) in [4.78, 5) is 0. The van der Waals surface area contributed by atoms with E-state index in [2.05, 4.69) is 37.4 Å². The molecule has 4 heteroatoms. The maximum absolute atomic E-state index is 5.80. The normalized spacial score (nSPS) is 11.0. The van der Waals surface area contributed by atoms with Gasteiger partial charge >= 0.3 is 0 Å². The van der Waals surface area contributed by atoms with Crippen LogP contribution in [0.15, 0.2) is 42.5 Å². The summed E-state index contributed by atoms with van der Waals surface area (Å²) in [5, 5.41) is 3.46. The Morgan fingerprint density at radius 2 is 1.50 bits per heavy atom. The smallest absolute Gasteiger partial charge is 0.161 e. The highest BCUT2D eigenvalue weighted by atomic mass is 16.5. The van der Waals surface area contributed by atoms with Crippen molar-refractivity contribution < 1.29 is 14.2 Å². The van der Waals surface area contributed by atoms with Crippen molar-refractivity contribution in [1.29, 1.82) is 0 Å². The Kier molecular flexibility index (Phi) is 7.79. The first-order valence-corrected chi connectivity index (χ1v) is 9.24. The van der Waals surface area contributed by atoms with Crippen molar-refractivity contribution in [2.75, 3.05) is 13.7 Å². The zero-order valence-corrected chi connectivity index (χ0v) is 16.5. The molecule has 0 saturated heterocycles. The minimum Gasteiger partial charge on any atom is -0.493 e. The van der Waals surface area contributed by atoms with E-state index in [0.29, 0.717) is 12.5 Å². The van der Waals surface area contributed by atoms with Crippen LogP contribution < -0.4 is 19.5 Å². The van der Waals surface area contributed by atoms with Crippen LogP contribution in [0.1, 0.15) is 38.8 Å². The zero-order chi connectivity index (χ0) is 18.9. The monoisotopic (exact) mass is 357 g/mol. The van der Waals surface area contributed by atoms with Gasteiger partial charge in [-0.3, -0.25) is 0 Å². The highest BCUT2D eigenvalue weighted by molar-refractivity contribution is 5.43. The summed E-state index contributed by atoms with van der Waals surface area (Å²) in [6.45, 7) is 10.6. The van der Waals surface area contributed by atoms with E-state index in [1.807, 2.05) is 38.1 Å². The number of ether oxygens (including phenoxy) is 3. The predicted molar refractivity (Wildman–Crippen MR) is 106 cm³/mol. The van der Waals surface area contributed by atoms with Gasteiger partial charge in [-0.2, -0.15) is 0 Å². The fraction of sp³-hybridized carbons (Fsp3) is 0.455. The van der Waals surface area contributed by atoms with Gasteiger partial charge < -0.3 is 19.5 Å². The number of benzene rings is 2. The van der Waals surface area contributed by atoms with Crippen LogP contribution in [0.25, 0.3) is 0 Å². The van der Waals surface area contributed by atoms with Crippen LogP contribution in [-0.2, 0) is 13.1 Å². The van der Waals surface area contributed by atoms with Gasteiger partial charge in [-0.15, -0.1) is 0 Å². The number of rotatable bonds is 10. The molecule has 142 valence electrons. The fourth-order valence-corrected chi connectivity index (χ4v) is 2.51. The predicted octanol–water partition coefficient (Wildman–Crippen LogP) is 4.81. The van der Waals surface area contributed by atoms with Gasteiger partial charge in [0.25, 0.3) is 0 Å². The van der Waals surface area contributed by atoms with Gasteiger partial charge in [0, 0.05) is 13.1 Å². The fourth-order valence-electron chi connectivity index (χ4n) is 2.51. The highest BCUT2D eigenvalue weighted by Gasteiger charge is 2.07. The lowest BCUT2D eigenvalue weighted by Gasteiger charge is -2.14. The standard InChI is InChI=1S/C22H31NO3/c1-16(2)15-25-21-11-8-19(12-22(21)24-5)14-23-13-18-6-9-20(10-7-18)26-17(3)4/h6-12,16-17,23H,13-15H2,1-5H3. The summed E-state index contributed by atoms with van der Waals surface area (Å²) in [5.74, 6) is 2.97. The van der Waals surface area contributed by atoms with Crippen LogP contribution in [0.4, 0.5) is 0 Å². The van der Waals surface area contributed by atoms with Crippen LogP contribution >= 0.6 is 0 Å². The van der Waals surface area contributed by atoms with Crippen LogP contribution in [0.2, 0.25) is 0 Å². The van der Waals surface area contributed by atoms with Gasteiger partial charge in [0.2, 0.25) is 0 Å². The molecule has 0 radical (unpaired) electrons. The Balaban J connectivity index is 1.87. The van der Waals surface area contributed by atoms with Gasteiger partial charge in [0.1, 0.15) is 5.75 Å². The molecular formula is C22H31NO3. The van der Waals surface area contributed by atoms with E-state index in [0.717, 1.165) is 30.3 Å². The molecule has 2 rings (SSSR count). The first-order chi connectivity index (χ1) is 12.5. The third-order valence-electron chi connectivity index (χ3n) is 3.75. The number of methoxy groups -OCH3 is 1. The van der Waals surface area contributed by atoms with Gasteiger partial charge in [0.05, 0.1) is 19.8 Å². The second-order valence-electron chi connectivity index (χ2n) is 7.10. The zero-order valence-electron chi connectivity index (χ0n) is 16.5. The molecule has 0 aliphatic carbocycles. The van der Waals surface area contributed by atoms with Crippen LogP contribution in [0, 0.1) is 5.92 Å². The van der Waals surface area contributed by atoms with Crippen molar-refractivity contribution in [1.82, 2.24) is 5.32 Å². The lowest BCUT2D eigenvalue weighted by Crippen LogP contribution is -2.13. The molecule has 0 bridgehead atoms. The quantitative estimate of drug-likeness (QED) is 0.662. The maximum Gasteiger partial charge on any atom is 0.161 e. The van der Waals surface area contributed by atoms with Crippen molar-refractivity contribution in [3.05, 3.63) is 53.6 Å². The molecule has 0 unspecified atom stereocenters. The Hall–Kier alpha value is -2.20. The maximum atomic E-state index is 5.80. The average Bonchev–Trinajstić information content (AvgIpc) is 2.61.